The molecule has 0 aliphatic rings. The van der Waals surface area contributed by atoms with Crippen molar-refractivity contribution in [1.29, 1.82) is 0 Å². The summed E-state index contributed by atoms with van der Waals surface area (Å²) in [5.41, 5.74) is 0. The molecule has 74 valence electrons. The Labute approximate surface area is 78.1 Å². The lowest BCUT2D eigenvalue weighted by Crippen LogP contribution is -2.18. The van der Waals surface area contributed by atoms with E-state index in [1.165, 1.54) is 19.3 Å². The number of rotatable bonds is 7. The molecule has 0 heterocycles. The third-order valence-electron chi connectivity index (χ3n) is 2.00. The Morgan fingerprint density at radius 3 is 2.08 bits per heavy atom. The zero-order valence-corrected chi connectivity index (χ0v) is 9.95. The molecule has 0 bridgehead atoms. The molecule has 12 heavy (non-hydrogen) atoms. The Kier molecular flexibility index (Phi) is 7.86. The third-order valence-corrected chi connectivity index (χ3v) is 3.93. The van der Waals surface area contributed by atoms with Crippen LogP contribution in [0, 0.1) is 5.92 Å². The summed E-state index contributed by atoms with van der Waals surface area (Å²) >= 11 is 0. The lowest BCUT2D eigenvalue weighted by Gasteiger charge is -2.10. The first kappa shape index (κ1) is 12.1. The third kappa shape index (κ3) is 6.82. The van der Waals surface area contributed by atoms with Crippen molar-refractivity contribution in [3.8, 4) is 0 Å². The second-order valence-corrected chi connectivity index (χ2v) is 5.96. The van der Waals surface area contributed by atoms with E-state index < -0.39 is 9.28 Å². The predicted octanol–water partition coefficient (Wildman–Crippen LogP) is 2.33. The summed E-state index contributed by atoms with van der Waals surface area (Å²) < 4.78 is 10.4. The summed E-state index contributed by atoms with van der Waals surface area (Å²) in [7, 11) is 2.25. The van der Waals surface area contributed by atoms with Crippen molar-refractivity contribution in [2.24, 2.45) is 5.92 Å². The molecular weight excluding hydrogens is 168 g/mol. The summed E-state index contributed by atoms with van der Waals surface area (Å²) in [6, 6.07) is 1.15. The SMILES string of the molecule is CO[SiH](CCCCC(C)C)OC. The fraction of sp³-hybridized carbons (Fsp3) is 1.00. The van der Waals surface area contributed by atoms with Crippen LogP contribution < -0.4 is 0 Å². The second kappa shape index (κ2) is 7.77. The molecule has 0 N–H and O–H groups in total. The molecule has 0 aliphatic carbocycles. The van der Waals surface area contributed by atoms with Gasteiger partial charge in [-0.2, -0.15) is 0 Å². The standard InChI is InChI=1S/C9H22O2Si/c1-9(2)7-5-6-8-12(10-3)11-4/h9,12H,5-8H2,1-4H3. The van der Waals surface area contributed by atoms with Crippen molar-refractivity contribution < 1.29 is 8.85 Å². The van der Waals surface area contributed by atoms with Gasteiger partial charge < -0.3 is 8.85 Å². The molecule has 0 unspecified atom stereocenters. The highest BCUT2D eigenvalue weighted by Gasteiger charge is 2.08. The maximum atomic E-state index is 5.22. The average molecular weight is 190 g/mol. The Balaban J connectivity index is 3.17. The van der Waals surface area contributed by atoms with Crippen molar-refractivity contribution in [2.45, 2.75) is 39.2 Å². The maximum absolute atomic E-state index is 5.22. The number of unbranched alkanes of at least 4 members (excludes halogenated alkanes) is 1. The first-order valence-electron chi connectivity index (χ1n) is 4.76. The Hall–Kier alpha value is 0.137. The minimum Gasteiger partial charge on any atom is -0.400 e. The van der Waals surface area contributed by atoms with E-state index in [9.17, 15) is 0 Å². The van der Waals surface area contributed by atoms with Crippen LogP contribution in [0.5, 0.6) is 0 Å². The quantitative estimate of drug-likeness (QED) is 0.453. The van der Waals surface area contributed by atoms with Gasteiger partial charge in [0.1, 0.15) is 0 Å². The molecule has 0 radical (unpaired) electrons. The summed E-state index contributed by atoms with van der Waals surface area (Å²) in [6.45, 7) is 4.53. The van der Waals surface area contributed by atoms with Crippen LogP contribution in [-0.4, -0.2) is 23.5 Å². The summed E-state index contributed by atoms with van der Waals surface area (Å²) in [5.74, 6) is 0.829. The van der Waals surface area contributed by atoms with Crippen LogP contribution in [0.25, 0.3) is 0 Å². The van der Waals surface area contributed by atoms with E-state index >= 15 is 0 Å². The normalized spacial score (nSPS) is 11.5. The molecule has 0 atom stereocenters. The van der Waals surface area contributed by atoms with Crippen LogP contribution in [0.15, 0.2) is 0 Å². The van der Waals surface area contributed by atoms with Crippen LogP contribution in [0.3, 0.4) is 0 Å². The highest BCUT2D eigenvalue weighted by atomic mass is 28.3. The van der Waals surface area contributed by atoms with E-state index in [1.807, 2.05) is 0 Å². The van der Waals surface area contributed by atoms with E-state index in [2.05, 4.69) is 13.8 Å². The van der Waals surface area contributed by atoms with Crippen LogP contribution in [0.2, 0.25) is 6.04 Å². The van der Waals surface area contributed by atoms with Gasteiger partial charge in [0.15, 0.2) is 0 Å². The fourth-order valence-electron chi connectivity index (χ4n) is 1.20. The maximum Gasteiger partial charge on any atom is 0.320 e. The van der Waals surface area contributed by atoms with Crippen molar-refractivity contribution in [2.75, 3.05) is 14.2 Å². The van der Waals surface area contributed by atoms with E-state index in [0.717, 1.165) is 12.0 Å². The van der Waals surface area contributed by atoms with E-state index in [-0.39, 0.29) is 0 Å². The molecule has 0 aromatic carbocycles. The zero-order valence-electron chi connectivity index (χ0n) is 8.80. The van der Waals surface area contributed by atoms with Gasteiger partial charge in [-0.15, -0.1) is 0 Å². The summed E-state index contributed by atoms with van der Waals surface area (Å²) in [5, 5.41) is 0. The van der Waals surface area contributed by atoms with Gasteiger partial charge in [0.05, 0.1) is 0 Å². The molecule has 2 nitrogen and oxygen atoms in total. The summed E-state index contributed by atoms with van der Waals surface area (Å²) in [4.78, 5) is 0. The van der Waals surface area contributed by atoms with Crippen molar-refractivity contribution in [1.82, 2.24) is 0 Å². The molecule has 3 heteroatoms. The zero-order chi connectivity index (χ0) is 9.40. The number of hydrogen-bond donors (Lipinski definition) is 0. The van der Waals surface area contributed by atoms with E-state index in [0.29, 0.717) is 0 Å². The molecule has 0 aromatic heterocycles. The largest absolute Gasteiger partial charge is 0.400 e. The lowest BCUT2D eigenvalue weighted by atomic mass is 10.1. The first-order valence-corrected chi connectivity index (χ1v) is 6.52. The van der Waals surface area contributed by atoms with Crippen LogP contribution >= 0.6 is 0 Å². The Morgan fingerprint density at radius 1 is 1.08 bits per heavy atom. The van der Waals surface area contributed by atoms with Gasteiger partial charge in [-0.1, -0.05) is 33.1 Å². The van der Waals surface area contributed by atoms with Crippen molar-refractivity contribution in [3.05, 3.63) is 0 Å². The molecule has 0 aromatic rings. The minimum absolute atomic E-state index is 0.829. The van der Waals surface area contributed by atoms with E-state index in [4.69, 9.17) is 8.85 Å². The minimum atomic E-state index is -1.26. The van der Waals surface area contributed by atoms with Crippen molar-refractivity contribution in [3.63, 3.8) is 0 Å². The first-order chi connectivity index (χ1) is 5.70. The van der Waals surface area contributed by atoms with Crippen molar-refractivity contribution >= 4 is 9.28 Å². The number of hydrogen-bond acceptors (Lipinski definition) is 2. The van der Waals surface area contributed by atoms with Gasteiger partial charge in [-0.25, -0.2) is 0 Å². The Morgan fingerprint density at radius 2 is 1.67 bits per heavy atom. The van der Waals surface area contributed by atoms with Gasteiger partial charge in [0, 0.05) is 14.2 Å². The van der Waals surface area contributed by atoms with E-state index in [1.54, 1.807) is 14.2 Å². The van der Waals surface area contributed by atoms with Gasteiger partial charge in [-0.05, 0) is 12.0 Å². The molecule has 0 aliphatic heterocycles. The van der Waals surface area contributed by atoms with Gasteiger partial charge in [-0.3, -0.25) is 0 Å². The van der Waals surface area contributed by atoms with Crippen LogP contribution in [-0.2, 0) is 8.85 Å². The highest BCUT2D eigenvalue weighted by molar-refractivity contribution is 6.44. The van der Waals surface area contributed by atoms with Gasteiger partial charge >= 0.3 is 9.28 Å². The summed E-state index contributed by atoms with van der Waals surface area (Å²) in [6.07, 6.45) is 3.90. The molecule has 0 amide bonds. The molecule has 0 saturated heterocycles. The lowest BCUT2D eigenvalue weighted by molar-refractivity contribution is 0.276. The smallest absolute Gasteiger partial charge is 0.320 e. The highest BCUT2D eigenvalue weighted by Crippen LogP contribution is 2.10. The second-order valence-electron chi connectivity index (χ2n) is 3.58. The van der Waals surface area contributed by atoms with Gasteiger partial charge in [0.2, 0.25) is 0 Å². The monoisotopic (exact) mass is 190 g/mol. The Bertz CT molecular complexity index is 92.5. The van der Waals surface area contributed by atoms with Crippen LogP contribution in [0.1, 0.15) is 33.1 Å². The van der Waals surface area contributed by atoms with Crippen LogP contribution in [0.4, 0.5) is 0 Å². The molecule has 0 rings (SSSR count). The molecule has 0 spiro atoms. The fourth-order valence-corrected chi connectivity index (χ4v) is 2.48. The predicted molar refractivity (Wildman–Crippen MR) is 54.7 cm³/mol. The average Bonchev–Trinajstić information content (AvgIpc) is 2.04. The molecule has 0 fully saturated rings. The topological polar surface area (TPSA) is 18.5 Å². The molecule has 0 saturated carbocycles. The molecular formula is C9H22O2Si. The van der Waals surface area contributed by atoms with Gasteiger partial charge in [0.25, 0.3) is 0 Å².